The van der Waals surface area contributed by atoms with Crippen molar-refractivity contribution in [3.63, 3.8) is 0 Å². The maximum atomic E-state index is 11.9. The smallest absolute Gasteiger partial charge is 0.253 e. The Kier molecular flexibility index (Phi) is 6.70. The third kappa shape index (κ3) is 5.15. The van der Waals surface area contributed by atoms with E-state index in [4.69, 9.17) is 20.3 Å². The second-order valence-electron chi connectivity index (χ2n) is 3.90. The van der Waals surface area contributed by atoms with Crippen molar-refractivity contribution in [2.45, 2.75) is 6.42 Å². The van der Waals surface area contributed by atoms with Gasteiger partial charge in [0.15, 0.2) is 0 Å². The Morgan fingerprint density at radius 2 is 2.21 bits per heavy atom. The molecular formula is C13H20N2O4. The van der Waals surface area contributed by atoms with Crippen molar-refractivity contribution < 1.29 is 19.4 Å². The van der Waals surface area contributed by atoms with E-state index in [1.165, 1.54) is 7.11 Å². The summed E-state index contributed by atoms with van der Waals surface area (Å²) in [6.07, 6.45) is 0.676. The molecule has 0 heterocycles. The van der Waals surface area contributed by atoms with Crippen LogP contribution in [-0.4, -0.2) is 44.5 Å². The number of nitrogens with one attached hydrogen (secondary N) is 1. The Bertz CT molecular complexity index is 410. The van der Waals surface area contributed by atoms with Crippen LogP contribution in [0.25, 0.3) is 0 Å². The quantitative estimate of drug-likeness (QED) is 0.469. The molecule has 0 saturated carbocycles. The number of nitrogen functional groups attached to an aromatic ring is 1. The van der Waals surface area contributed by atoms with Crippen LogP contribution >= 0.6 is 0 Å². The Hall–Kier alpha value is -1.79. The summed E-state index contributed by atoms with van der Waals surface area (Å²) >= 11 is 0. The Morgan fingerprint density at radius 3 is 2.89 bits per heavy atom. The van der Waals surface area contributed by atoms with Crippen molar-refractivity contribution in [3.8, 4) is 5.75 Å². The van der Waals surface area contributed by atoms with E-state index in [2.05, 4.69) is 5.32 Å². The second-order valence-corrected chi connectivity index (χ2v) is 3.90. The molecule has 106 valence electrons. The number of rotatable bonds is 8. The van der Waals surface area contributed by atoms with Crippen LogP contribution in [0.5, 0.6) is 5.75 Å². The lowest BCUT2D eigenvalue weighted by Crippen LogP contribution is -2.26. The molecular weight excluding hydrogens is 248 g/mol. The molecule has 1 aromatic carbocycles. The number of aliphatic hydroxyl groups is 1. The van der Waals surface area contributed by atoms with Crippen molar-refractivity contribution >= 4 is 11.6 Å². The number of methoxy groups -OCH3 is 1. The minimum absolute atomic E-state index is 0.00665. The molecule has 0 aliphatic rings. The molecule has 1 aromatic rings. The molecule has 0 aliphatic heterocycles. The largest absolute Gasteiger partial charge is 0.497 e. The number of ether oxygens (including phenoxy) is 2. The maximum absolute atomic E-state index is 11.9. The number of aliphatic hydroxyl groups excluding tert-OH is 1. The average Bonchev–Trinajstić information content (AvgIpc) is 2.43. The van der Waals surface area contributed by atoms with Crippen LogP contribution in [0.3, 0.4) is 0 Å². The first-order valence-electron chi connectivity index (χ1n) is 6.09. The molecule has 6 heteroatoms. The van der Waals surface area contributed by atoms with Crippen molar-refractivity contribution in [1.82, 2.24) is 5.32 Å². The lowest BCUT2D eigenvalue weighted by molar-refractivity contribution is 0.0868. The van der Waals surface area contributed by atoms with E-state index in [9.17, 15) is 4.79 Å². The molecule has 0 unspecified atom stereocenters. The fourth-order valence-electron chi connectivity index (χ4n) is 1.50. The number of carbonyl (C=O) groups excluding carboxylic acids is 1. The van der Waals surface area contributed by atoms with Crippen molar-refractivity contribution in [3.05, 3.63) is 23.8 Å². The van der Waals surface area contributed by atoms with Crippen LogP contribution in [0.15, 0.2) is 18.2 Å². The third-order valence-electron chi connectivity index (χ3n) is 2.49. The fourth-order valence-corrected chi connectivity index (χ4v) is 1.50. The van der Waals surface area contributed by atoms with Gasteiger partial charge in [-0.15, -0.1) is 0 Å². The summed E-state index contributed by atoms with van der Waals surface area (Å²) in [5.41, 5.74) is 6.56. The van der Waals surface area contributed by atoms with Crippen molar-refractivity contribution in [2.24, 2.45) is 0 Å². The van der Waals surface area contributed by atoms with Gasteiger partial charge in [-0.05, 0) is 24.6 Å². The zero-order chi connectivity index (χ0) is 14.1. The van der Waals surface area contributed by atoms with Gasteiger partial charge in [-0.1, -0.05) is 0 Å². The summed E-state index contributed by atoms with van der Waals surface area (Å²) in [4.78, 5) is 11.9. The first-order chi connectivity index (χ1) is 9.19. The van der Waals surface area contributed by atoms with Gasteiger partial charge in [0.2, 0.25) is 0 Å². The first kappa shape index (κ1) is 15.3. The van der Waals surface area contributed by atoms with Crippen molar-refractivity contribution in [1.29, 1.82) is 0 Å². The molecule has 0 aromatic heterocycles. The second kappa shape index (κ2) is 8.34. The summed E-state index contributed by atoms with van der Waals surface area (Å²) < 4.78 is 10.1. The molecule has 0 saturated heterocycles. The van der Waals surface area contributed by atoms with Gasteiger partial charge in [-0.3, -0.25) is 4.79 Å². The Labute approximate surface area is 112 Å². The predicted molar refractivity (Wildman–Crippen MR) is 72.3 cm³/mol. The lowest BCUT2D eigenvalue weighted by atomic mass is 10.1. The van der Waals surface area contributed by atoms with Crippen LogP contribution < -0.4 is 15.8 Å². The number of anilines is 1. The van der Waals surface area contributed by atoms with Crippen LogP contribution in [0.4, 0.5) is 5.69 Å². The molecule has 4 N–H and O–H groups in total. The van der Waals surface area contributed by atoms with Crippen LogP contribution in [0, 0.1) is 0 Å². The summed E-state index contributed by atoms with van der Waals surface area (Å²) in [5.74, 6) is 0.351. The number of hydrogen-bond acceptors (Lipinski definition) is 5. The molecule has 1 amide bonds. The van der Waals surface area contributed by atoms with Gasteiger partial charge in [0, 0.05) is 18.8 Å². The first-order valence-corrected chi connectivity index (χ1v) is 6.09. The van der Waals surface area contributed by atoms with Gasteiger partial charge in [0.05, 0.1) is 25.9 Å². The fraction of sp³-hybridized carbons (Fsp3) is 0.462. The number of amides is 1. The molecule has 1 rings (SSSR count). The van der Waals surface area contributed by atoms with Gasteiger partial charge in [0.1, 0.15) is 5.75 Å². The average molecular weight is 268 g/mol. The SMILES string of the molecule is COc1ccc(N)c(C(=O)NCCCOCCO)c1. The molecule has 0 spiro atoms. The number of carbonyl (C=O) groups is 1. The standard InChI is InChI=1S/C13H20N2O4/c1-18-10-3-4-12(14)11(9-10)13(17)15-5-2-7-19-8-6-16/h3-4,9,16H,2,5-8,14H2,1H3,(H,15,17). The van der Waals surface area contributed by atoms with Gasteiger partial charge in [0.25, 0.3) is 5.91 Å². The molecule has 0 atom stereocenters. The van der Waals surface area contributed by atoms with Crippen LogP contribution in [0.2, 0.25) is 0 Å². The van der Waals surface area contributed by atoms with E-state index in [1.54, 1.807) is 18.2 Å². The van der Waals surface area contributed by atoms with Gasteiger partial charge < -0.3 is 25.6 Å². The number of benzene rings is 1. The number of nitrogens with two attached hydrogens (primary N) is 1. The maximum Gasteiger partial charge on any atom is 0.253 e. The highest BCUT2D eigenvalue weighted by Gasteiger charge is 2.10. The zero-order valence-electron chi connectivity index (χ0n) is 11.0. The minimum atomic E-state index is -0.237. The van der Waals surface area contributed by atoms with Crippen molar-refractivity contribution in [2.75, 3.05) is 39.2 Å². The summed E-state index contributed by atoms with van der Waals surface area (Å²) in [6, 6.07) is 4.94. The molecule has 0 fully saturated rings. The zero-order valence-corrected chi connectivity index (χ0v) is 11.0. The Morgan fingerprint density at radius 1 is 1.42 bits per heavy atom. The van der Waals surface area contributed by atoms with Gasteiger partial charge in [-0.2, -0.15) is 0 Å². The van der Waals surface area contributed by atoms with E-state index < -0.39 is 0 Å². The van der Waals surface area contributed by atoms with E-state index >= 15 is 0 Å². The van der Waals surface area contributed by atoms with E-state index in [1.807, 2.05) is 0 Å². The molecule has 6 nitrogen and oxygen atoms in total. The molecule has 0 aliphatic carbocycles. The number of hydrogen-bond donors (Lipinski definition) is 3. The van der Waals surface area contributed by atoms with Crippen LogP contribution in [0.1, 0.15) is 16.8 Å². The molecule has 0 bridgehead atoms. The minimum Gasteiger partial charge on any atom is -0.497 e. The highest BCUT2D eigenvalue weighted by Crippen LogP contribution is 2.19. The van der Waals surface area contributed by atoms with E-state index in [0.717, 1.165) is 0 Å². The molecule has 19 heavy (non-hydrogen) atoms. The highest BCUT2D eigenvalue weighted by molar-refractivity contribution is 5.99. The van der Waals surface area contributed by atoms with Crippen LogP contribution in [-0.2, 0) is 4.74 Å². The Balaban J connectivity index is 2.40. The van der Waals surface area contributed by atoms with E-state index in [0.29, 0.717) is 43.2 Å². The highest BCUT2D eigenvalue weighted by atomic mass is 16.5. The third-order valence-corrected chi connectivity index (χ3v) is 2.49. The molecule has 0 radical (unpaired) electrons. The van der Waals surface area contributed by atoms with E-state index in [-0.39, 0.29) is 12.5 Å². The predicted octanol–water partition coefficient (Wildman–Crippen LogP) is 0.406. The topological polar surface area (TPSA) is 93.8 Å². The summed E-state index contributed by atoms with van der Waals surface area (Å²) in [7, 11) is 1.53. The summed E-state index contributed by atoms with van der Waals surface area (Å²) in [6.45, 7) is 1.30. The van der Waals surface area contributed by atoms with Gasteiger partial charge in [-0.25, -0.2) is 0 Å². The lowest BCUT2D eigenvalue weighted by Gasteiger charge is -2.09. The van der Waals surface area contributed by atoms with Gasteiger partial charge >= 0.3 is 0 Å². The summed E-state index contributed by atoms with van der Waals surface area (Å²) in [5, 5.41) is 11.3. The normalized spacial score (nSPS) is 10.2. The monoisotopic (exact) mass is 268 g/mol.